The summed E-state index contributed by atoms with van der Waals surface area (Å²) in [6, 6.07) is 28.9. The van der Waals surface area contributed by atoms with Crippen molar-refractivity contribution in [3.8, 4) is 0 Å². The number of hydrogen-bond donors (Lipinski definition) is 2. The van der Waals surface area contributed by atoms with Gasteiger partial charge < -0.3 is 34.3 Å². The van der Waals surface area contributed by atoms with E-state index < -0.39 is 48.2 Å². The van der Waals surface area contributed by atoms with Crippen LogP contribution in [-0.2, 0) is 53.2 Å². The Morgan fingerprint density at radius 2 is 1.33 bits per heavy atom. The fourth-order valence-electron chi connectivity index (χ4n) is 6.16. The average molecular weight is 657 g/mol. The molecule has 254 valence electrons. The number of benzene rings is 3. The van der Waals surface area contributed by atoms with E-state index in [0.29, 0.717) is 45.6 Å². The number of ether oxygens (including phenoxy) is 4. The number of nitrogens with zero attached hydrogens (tertiary/aromatic N) is 1. The molecule has 0 spiro atoms. The van der Waals surface area contributed by atoms with Crippen LogP contribution in [-0.4, -0.2) is 77.4 Å². The zero-order valence-corrected chi connectivity index (χ0v) is 27.2. The van der Waals surface area contributed by atoms with E-state index in [2.05, 4.69) is 5.32 Å². The Bertz CT molecular complexity index is 1490. The Kier molecular flexibility index (Phi) is 12.9. The first kappa shape index (κ1) is 35.0. The molecule has 6 atom stereocenters. The molecule has 0 aliphatic carbocycles. The van der Waals surface area contributed by atoms with Crippen molar-refractivity contribution in [2.75, 3.05) is 13.1 Å². The summed E-state index contributed by atoms with van der Waals surface area (Å²) in [5.41, 5.74) is 3.05. The third-order valence-corrected chi connectivity index (χ3v) is 8.63. The van der Waals surface area contributed by atoms with Gasteiger partial charge in [-0.25, -0.2) is 4.79 Å². The van der Waals surface area contributed by atoms with Gasteiger partial charge in [0.1, 0.15) is 24.4 Å². The largest absolute Gasteiger partial charge is 0.480 e. The van der Waals surface area contributed by atoms with Crippen LogP contribution in [0.25, 0.3) is 0 Å². The maximum atomic E-state index is 12.7. The molecule has 2 heterocycles. The second kappa shape index (κ2) is 17.7. The van der Waals surface area contributed by atoms with Gasteiger partial charge in [-0.1, -0.05) is 97.1 Å². The molecule has 2 amide bonds. The molecule has 3 aromatic carbocycles. The number of carbonyl (C=O) groups excluding carboxylic acids is 2. The Morgan fingerprint density at radius 1 is 0.812 bits per heavy atom. The summed E-state index contributed by atoms with van der Waals surface area (Å²) in [6.45, 7) is 3.11. The highest BCUT2D eigenvalue weighted by Gasteiger charge is 2.46. The quantitative estimate of drug-likeness (QED) is 0.227. The Balaban J connectivity index is 1.29. The van der Waals surface area contributed by atoms with E-state index in [4.69, 9.17) is 18.9 Å². The van der Waals surface area contributed by atoms with E-state index in [1.807, 2.05) is 97.9 Å². The summed E-state index contributed by atoms with van der Waals surface area (Å²) in [6.07, 6.45) is 2.16. The minimum Gasteiger partial charge on any atom is -0.480 e. The van der Waals surface area contributed by atoms with Crippen LogP contribution in [0.4, 0.5) is 0 Å². The van der Waals surface area contributed by atoms with Crippen molar-refractivity contribution in [2.45, 2.75) is 82.6 Å². The van der Waals surface area contributed by atoms with Gasteiger partial charge in [0, 0.05) is 6.54 Å². The van der Waals surface area contributed by atoms with Gasteiger partial charge in [0.25, 0.3) is 0 Å². The monoisotopic (exact) mass is 656 g/mol. The highest BCUT2D eigenvalue weighted by molar-refractivity contribution is 5.92. The lowest BCUT2D eigenvalue weighted by atomic mass is 9.92. The van der Waals surface area contributed by atoms with Crippen molar-refractivity contribution >= 4 is 17.8 Å². The number of likely N-dealkylation sites (tertiary alicyclic amines) is 1. The van der Waals surface area contributed by atoms with Gasteiger partial charge >= 0.3 is 5.97 Å². The molecule has 0 radical (unpaired) electrons. The van der Waals surface area contributed by atoms with Gasteiger partial charge in [0.05, 0.1) is 38.6 Å². The van der Waals surface area contributed by atoms with Crippen LogP contribution < -0.4 is 5.32 Å². The van der Waals surface area contributed by atoms with Gasteiger partial charge in [-0.05, 0) is 49.0 Å². The highest BCUT2D eigenvalue weighted by atomic mass is 16.6. The van der Waals surface area contributed by atoms with Crippen molar-refractivity contribution in [2.24, 2.45) is 0 Å². The predicted molar refractivity (Wildman–Crippen MR) is 179 cm³/mol. The molecule has 0 bridgehead atoms. The summed E-state index contributed by atoms with van der Waals surface area (Å²) in [4.78, 5) is 38.0. The van der Waals surface area contributed by atoms with E-state index in [9.17, 15) is 19.5 Å². The zero-order valence-electron chi connectivity index (χ0n) is 27.2. The molecule has 3 aromatic rings. The van der Waals surface area contributed by atoms with Crippen molar-refractivity contribution < 1.29 is 38.4 Å². The molecular formula is C38H44N2O8. The summed E-state index contributed by atoms with van der Waals surface area (Å²) in [7, 11) is 0. The van der Waals surface area contributed by atoms with Gasteiger partial charge in [0.2, 0.25) is 11.8 Å². The molecule has 48 heavy (non-hydrogen) atoms. The third kappa shape index (κ3) is 9.84. The summed E-state index contributed by atoms with van der Waals surface area (Å²) in [5, 5.41) is 12.0. The molecule has 2 aliphatic rings. The van der Waals surface area contributed by atoms with E-state index >= 15 is 0 Å². The molecule has 10 heteroatoms. The first-order valence-corrected chi connectivity index (χ1v) is 16.5. The molecule has 2 N–H and O–H groups in total. The molecule has 0 saturated carbocycles. The van der Waals surface area contributed by atoms with E-state index in [0.717, 1.165) is 16.7 Å². The van der Waals surface area contributed by atoms with Crippen LogP contribution in [0.15, 0.2) is 103 Å². The number of carboxylic acid groups (broad SMARTS) is 1. The van der Waals surface area contributed by atoms with Gasteiger partial charge in [-0.2, -0.15) is 0 Å². The normalized spacial score (nSPS) is 24.1. The van der Waals surface area contributed by atoms with Crippen molar-refractivity contribution in [3.63, 3.8) is 0 Å². The molecular weight excluding hydrogens is 612 g/mol. The number of aliphatic carboxylic acids is 1. The Morgan fingerprint density at radius 3 is 1.88 bits per heavy atom. The van der Waals surface area contributed by atoms with Gasteiger partial charge in [0.15, 0.2) is 0 Å². The lowest BCUT2D eigenvalue weighted by molar-refractivity contribution is -0.260. The van der Waals surface area contributed by atoms with E-state index in [1.165, 1.54) is 11.0 Å². The minimum atomic E-state index is -1.03. The number of amides is 2. The third-order valence-electron chi connectivity index (χ3n) is 8.63. The van der Waals surface area contributed by atoms with Crippen LogP contribution in [0.1, 0.15) is 42.9 Å². The number of carbonyl (C=O) groups is 3. The van der Waals surface area contributed by atoms with Gasteiger partial charge in [-0.15, -0.1) is 0 Å². The fourth-order valence-corrected chi connectivity index (χ4v) is 6.16. The fraction of sp³-hybridized carbons (Fsp3) is 0.395. The number of hydrogen-bond acceptors (Lipinski definition) is 7. The maximum absolute atomic E-state index is 12.7. The lowest BCUT2D eigenvalue weighted by Crippen LogP contribution is -2.59. The SMILES string of the molecule is C[C@@H]1O[C@H](C/C=C/C(=O)NCC(=O)N2CCC[C@H]2C(=O)O)[C@@H](OCc2ccccc2)[C@H](OCc2ccccc2)[C@@H]1OCc1ccccc1. The predicted octanol–water partition coefficient (Wildman–Crippen LogP) is 4.67. The Hall–Kier alpha value is -4.35. The van der Waals surface area contributed by atoms with Crippen LogP contribution >= 0.6 is 0 Å². The first-order chi connectivity index (χ1) is 23.4. The summed E-state index contributed by atoms with van der Waals surface area (Å²) >= 11 is 0. The van der Waals surface area contributed by atoms with Crippen LogP contribution in [0.3, 0.4) is 0 Å². The van der Waals surface area contributed by atoms with E-state index in [1.54, 1.807) is 6.08 Å². The van der Waals surface area contributed by atoms with Crippen LogP contribution in [0.5, 0.6) is 0 Å². The van der Waals surface area contributed by atoms with Crippen LogP contribution in [0.2, 0.25) is 0 Å². The number of carboxylic acids is 1. The molecule has 2 aliphatic heterocycles. The molecule has 2 fully saturated rings. The molecule has 0 unspecified atom stereocenters. The Labute approximate surface area is 281 Å². The molecule has 5 rings (SSSR count). The second-order valence-electron chi connectivity index (χ2n) is 12.1. The minimum absolute atomic E-state index is 0.275. The molecule has 10 nitrogen and oxygen atoms in total. The van der Waals surface area contributed by atoms with Crippen molar-refractivity contribution in [3.05, 3.63) is 120 Å². The zero-order chi connectivity index (χ0) is 33.7. The highest BCUT2D eigenvalue weighted by Crippen LogP contribution is 2.32. The molecule has 0 aromatic heterocycles. The first-order valence-electron chi connectivity index (χ1n) is 16.5. The lowest BCUT2D eigenvalue weighted by Gasteiger charge is -2.45. The van der Waals surface area contributed by atoms with Crippen molar-refractivity contribution in [1.29, 1.82) is 0 Å². The second-order valence-corrected chi connectivity index (χ2v) is 12.1. The molecule has 2 saturated heterocycles. The summed E-state index contributed by atoms with van der Waals surface area (Å²) in [5.74, 6) is -1.90. The average Bonchev–Trinajstić information content (AvgIpc) is 3.61. The standard InChI is InChI=1S/C38H44N2O8/c1-27-35(45-24-28-13-5-2-6-14-28)37(47-26-30-17-9-4-10-18-30)36(46-25-29-15-7-3-8-16-29)32(48-27)20-11-21-33(41)39-23-34(42)40-22-12-19-31(40)38(43)44/h2-11,13-18,21,27,31-32,35-37H,12,19-20,22-26H2,1H3,(H,39,41)(H,43,44)/b21-11+/t27-,31-,32+,35+,36+,37+/m0/s1. The van der Waals surface area contributed by atoms with Crippen molar-refractivity contribution in [1.82, 2.24) is 10.2 Å². The summed E-state index contributed by atoms with van der Waals surface area (Å²) < 4.78 is 26.2. The van der Waals surface area contributed by atoms with Crippen LogP contribution in [0, 0.1) is 0 Å². The van der Waals surface area contributed by atoms with Gasteiger partial charge in [-0.3, -0.25) is 9.59 Å². The smallest absolute Gasteiger partial charge is 0.326 e. The number of rotatable bonds is 15. The number of nitrogens with one attached hydrogen (secondary N) is 1. The topological polar surface area (TPSA) is 124 Å². The maximum Gasteiger partial charge on any atom is 0.326 e. The van der Waals surface area contributed by atoms with E-state index in [-0.39, 0.29) is 12.6 Å².